The molecule has 0 radical (unpaired) electrons. The zero-order chi connectivity index (χ0) is 7.11. The average Bonchev–Trinajstić information content (AvgIpc) is 2.43. The molecule has 0 spiro atoms. The van der Waals surface area contributed by atoms with Crippen molar-refractivity contribution < 1.29 is 4.39 Å². The van der Waals surface area contributed by atoms with Crippen molar-refractivity contribution in [3.05, 3.63) is 0 Å². The lowest BCUT2D eigenvalue weighted by Crippen LogP contribution is -2.16. The molecule has 0 amide bonds. The molecule has 0 bridgehead atoms. The van der Waals surface area contributed by atoms with E-state index in [-0.39, 0.29) is 0 Å². The van der Waals surface area contributed by atoms with Crippen molar-refractivity contribution in [2.24, 2.45) is 11.7 Å². The maximum absolute atomic E-state index is 9.50. The van der Waals surface area contributed by atoms with E-state index in [1.807, 2.05) is 0 Å². The number of nitrogens with one attached hydrogen (secondary N) is 1. The molecule has 1 fully saturated rings. The lowest BCUT2D eigenvalue weighted by Gasteiger charge is -1.98. The molecule has 3 N–H and O–H groups in total. The van der Waals surface area contributed by atoms with Crippen LogP contribution in [0, 0.1) is 5.92 Å². The number of halogens is 1. The summed E-state index contributed by atoms with van der Waals surface area (Å²) in [7, 11) is 0.500. The molecule has 1 saturated heterocycles. The van der Waals surface area contributed by atoms with E-state index in [1.54, 1.807) is 0 Å². The average molecular weight is 134 g/mol. The molecule has 1 rings (SSSR count). The fourth-order valence-electron chi connectivity index (χ4n) is 0.916. The van der Waals surface area contributed by atoms with Crippen LogP contribution in [0.15, 0.2) is 0 Å². The molecule has 1 atom stereocenters. The standard InChI is InChI=1S/C5H12N2.CH3F/c6-3-5-1-2-7-4-5;1-2/h5,7H,1-4,6H2;1H3. The van der Waals surface area contributed by atoms with Crippen LogP contribution in [-0.2, 0) is 0 Å². The Morgan fingerprint density at radius 2 is 2.33 bits per heavy atom. The third kappa shape index (κ3) is 3.43. The molecule has 3 heteroatoms. The van der Waals surface area contributed by atoms with Crippen molar-refractivity contribution >= 4 is 0 Å². The number of rotatable bonds is 1. The first kappa shape index (κ1) is 8.85. The second kappa shape index (κ2) is 5.98. The normalized spacial score (nSPS) is 25.0. The minimum Gasteiger partial charge on any atom is -0.330 e. The summed E-state index contributed by atoms with van der Waals surface area (Å²) < 4.78 is 9.50. The summed E-state index contributed by atoms with van der Waals surface area (Å²) in [6, 6.07) is 0. The van der Waals surface area contributed by atoms with Crippen molar-refractivity contribution in [3.63, 3.8) is 0 Å². The monoisotopic (exact) mass is 134 g/mol. The highest BCUT2D eigenvalue weighted by molar-refractivity contribution is 4.70. The molecule has 0 aromatic rings. The van der Waals surface area contributed by atoms with E-state index in [9.17, 15) is 4.39 Å². The Kier molecular flexibility index (Phi) is 5.88. The summed E-state index contributed by atoms with van der Waals surface area (Å²) in [5, 5.41) is 3.24. The van der Waals surface area contributed by atoms with Crippen molar-refractivity contribution in [2.75, 3.05) is 26.8 Å². The SMILES string of the molecule is CF.NCC1CCNC1. The zero-order valence-corrected chi connectivity index (χ0v) is 5.86. The van der Waals surface area contributed by atoms with Gasteiger partial charge >= 0.3 is 0 Å². The highest BCUT2D eigenvalue weighted by Gasteiger charge is 2.10. The fraction of sp³-hybridized carbons (Fsp3) is 1.00. The van der Waals surface area contributed by atoms with Gasteiger partial charge < -0.3 is 11.1 Å². The zero-order valence-electron chi connectivity index (χ0n) is 5.86. The van der Waals surface area contributed by atoms with Gasteiger partial charge in [-0.3, -0.25) is 4.39 Å². The van der Waals surface area contributed by atoms with Crippen molar-refractivity contribution in [2.45, 2.75) is 6.42 Å². The van der Waals surface area contributed by atoms with Gasteiger partial charge in [-0.1, -0.05) is 0 Å². The van der Waals surface area contributed by atoms with Crippen molar-refractivity contribution in [1.29, 1.82) is 0 Å². The Balaban J connectivity index is 0.000000291. The Bertz CT molecular complexity index is 53.0. The van der Waals surface area contributed by atoms with E-state index >= 15 is 0 Å². The van der Waals surface area contributed by atoms with Crippen LogP contribution in [0.25, 0.3) is 0 Å². The first-order valence-electron chi connectivity index (χ1n) is 3.22. The Morgan fingerprint density at radius 3 is 2.56 bits per heavy atom. The molecule has 1 aliphatic heterocycles. The predicted molar refractivity (Wildman–Crippen MR) is 37.1 cm³/mol. The van der Waals surface area contributed by atoms with E-state index in [0.717, 1.165) is 19.0 Å². The van der Waals surface area contributed by atoms with E-state index in [0.29, 0.717) is 7.18 Å². The van der Waals surface area contributed by atoms with Gasteiger partial charge in [0.15, 0.2) is 0 Å². The number of hydrogen-bond acceptors (Lipinski definition) is 2. The van der Waals surface area contributed by atoms with Gasteiger partial charge in [-0.2, -0.15) is 0 Å². The van der Waals surface area contributed by atoms with Crippen LogP contribution < -0.4 is 11.1 Å². The van der Waals surface area contributed by atoms with Gasteiger partial charge in [-0.05, 0) is 32.0 Å². The summed E-state index contributed by atoms with van der Waals surface area (Å²) in [5.74, 6) is 0.764. The van der Waals surface area contributed by atoms with E-state index in [2.05, 4.69) is 5.32 Å². The van der Waals surface area contributed by atoms with Crippen molar-refractivity contribution in [3.8, 4) is 0 Å². The third-order valence-electron chi connectivity index (χ3n) is 1.50. The summed E-state index contributed by atoms with van der Waals surface area (Å²) in [6.07, 6.45) is 1.27. The summed E-state index contributed by atoms with van der Waals surface area (Å²) in [5.41, 5.74) is 5.39. The van der Waals surface area contributed by atoms with Crippen LogP contribution in [-0.4, -0.2) is 26.8 Å². The van der Waals surface area contributed by atoms with E-state index in [4.69, 9.17) is 5.73 Å². The lowest BCUT2D eigenvalue weighted by atomic mass is 10.1. The molecule has 0 aromatic carbocycles. The van der Waals surface area contributed by atoms with Crippen LogP contribution in [0.4, 0.5) is 4.39 Å². The largest absolute Gasteiger partial charge is 0.330 e. The highest BCUT2D eigenvalue weighted by atomic mass is 19.1. The summed E-state index contributed by atoms with van der Waals surface area (Å²) >= 11 is 0. The molecule has 0 aliphatic carbocycles. The topological polar surface area (TPSA) is 38.0 Å². The molecule has 0 aromatic heterocycles. The molecular formula is C6H15FN2. The Labute approximate surface area is 55.6 Å². The Hall–Kier alpha value is -0.150. The number of alkyl halides is 1. The van der Waals surface area contributed by atoms with Gasteiger partial charge in [0, 0.05) is 0 Å². The highest BCUT2D eigenvalue weighted by Crippen LogP contribution is 2.02. The van der Waals surface area contributed by atoms with Crippen molar-refractivity contribution in [1.82, 2.24) is 5.32 Å². The molecule has 1 aliphatic rings. The minimum atomic E-state index is 0.500. The van der Waals surface area contributed by atoms with Gasteiger partial charge in [-0.25, -0.2) is 0 Å². The van der Waals surface area contributed by atoms with Gasteiger partial charge in [0.05, 0.1) is 7.18 Å². The van der Waals surface area contributed by atoms with Crippen LogP contribution in [0.5, 0.6) is 0 Å². The minimum absolute atomic E-state index is 0.500. The van der Waals surface area contributed by atoms with Gasteiger partial charge in [-0.15, -0.1) is 0 Å². The second-order valence-electron chi connectivity index (χ2n) is 2.09. The molecule has 0 saturated carbocycles. The lowest BCUT2D eigenvalue weighted by molar-refractivity contribution is 0.596. The molecule has 1 unspecified atom stereocenters. The second-order valence-corrected chi connectivity index (χ2v) is 2.09. The van der Waals surface area contributed by atoms with Gasteiger partial charge in [0.1, 0.15) is 0 Å². The van der Waals surface area contributed by atoms with Crippen LogP contribution in [0.3, 0.4) is 0 Å². The van der Waals surface area contributed by atoms with Gasteiger partial charge in [0.25, 0.3) is 0 Å². The fourth-order valence-corrected chi connectivity index (χ4v) is 0.916. The maximum atomic E-state index is 9.50. The number of hydrogen-bond donors (Lipinski definition) is 2. The van der Waals surface area contributed by atoms with Crippen LogP contribution in [0.2, 0.25) is 0 Å². The van der Waals surface area contributed by atoms with E-state index < -0.39 is 0 Å². The molecule has 56 valence electrons. The van der Waals surface area contributed by atoms with E-state index in [1.165, 1.54) is 13.0 Å². The Morgan fingerprint density at radius 1 is 1.67 bits per heavy atom. The third-order valence-corrected chi connectivity index (χ3v) is 1.50. The predicted octanol–water partition coefficient (Wildman–Crippen LogP) is 0.140. The maximum Gasteiger partial charge on any atom is 0.0785 e. The number of nitrogens with two attached hydrogens (primary N) is 1. The molecular weight excluding hydrogens is 119 g/mol. The molecule has 2 nitrogen and oxygen atoms in total. The van der Waals surface area contributed by atoms with Crippen LogP contribution in [0.1, 0.15) is 6.42 Å². The van der Waals surface area contributed by atoms with Gasteiger partial charge in [0.2, 0.25) is 0 Å². The van der Waals surface area contributed by atoms with Crippen LogP contribution >= 0.6 is 0 Å². The quantitative estimate of drug-likeness (QED) is 0.535. The smallest absolute Gasteiger partial charge is 0.0785 e. The first-order chi connectivity index (χ1) is 4.43. The summed E-state index contributed by atoms with van der Waals surface area (Å²) in [4.78, 5) is 0. The molecule has 1 heterocycles. The summed E-state index contributed by atoms with van der Waals surface area (Å²) in [6.45, 7) is 3.16. The molecule has 9 heavy (non-hydrogen) atoms. The first-order valence-corrected chi connectivity index (χ1v) is 3.22.